The number of nitrogens with zero attached hydrogens (tertiary/aromatic N) is 2. The number of hydrogen-bond donors (Lipinski definition) is 2. The standard InChI is InChI=1S/C25H34N4O2/c1-18-6-4-7-19(11-10-18)31-15-3-2-13-28-14-12-25(26)21(16-28)20-8-5-9-22-24(20)29(25)17-23(30)27-22/h4,7-8,10-11,21H,2-3,5-6,9,12-17,26H2,1H3,(H,27,30)/t21-,25+/m0/s1. The Bertz CT molecular complexity index is 912. The van der Waals surface area contributed by atoms with Crippen molar-refractivity contribution in [3.8, 4) is 0 Å². The van der Waals surface area contributed by atoms with Crippen molar-refractivity contribution in [2.45, 2.75) is 51.1 Å². The smallest absolute Gasteiger partial charge is 0.243 e. The van der Waals surface area contributed by atoms with E-state index in [1.165, 1.54) is 16.8 Å². The molecule has 6 nitrogen and oxygen atoms in total. The summed E-state index contributed by atoms with van der Waals surface area (Å²) in [5, 5.41) is 3.10. The van der Waals surface area contributed by atoms with Crippen LogP contribution in [0.25, 0.3) is 0 Å². The van der Waals surface area contributed by atoms with Crippen molar-refractivity contribution in [1.82, 2.24) is 15.1 Å². The Morgan fingerprint density at radius 3 is 3.13 bits per heavy atom. The molecule has 0 saturated carbocycles. The lowest BCUT2D eigenvalue weighted by Crippen LogP contribution is -2.64. The van der Waals surface area contributed by atoms with Crippen LogP contribution in [0.3, 0.4) is 0 Å². The van der Waals surface area contributed by atoms with Crippen LogP contribution in [0.1, 0.15) is 45.4 Å². The number of amides is 1. The van der Waals surface area contributed by atoms with Gasteiger partial charge in [-0.25, -0.2) is 0 Å². The maximum atomic E-state index is 12.2. The van der Waals surface area contributed by atoms with Gasteiger partial charge in [0.05, 0.1) is 24.5 Å². The summed E-state index contributed by atoms with van der Waals surface area (Å²) in [5.74, 6) is 1.32. The zero-order chi connectivity index (χ0) is 21.4. The number of nitrogens with two attached hydrogens (primary N) is 1. The van der Waals surface area contributed by atoms with Crippen molar-refractivity contribution in [2.24, 2.45) is 11.7 Å². The van der Waals surface area contributed by atoms with E-state index in [9.17, 15) is 4.79 Å². The van der Waals surface area contributed by atoms with Crippen molar-refractivity contribution in [3.63, 3.8) is 0 Å². The number of allylic oxidation sites excluding steroid dienone is 8. The van der Waals surface area contributed by atoms with Gasteiger partial charge in [-0.3, -0.25) is 4.79 Å². The summed E-state index contributed by atoms with van der Waals surface area (Å²) >= 11 is 0. The highest BCUT2D eigenvalue weighted by molar-refractivity contribution is 5.83. The van der Waals surface area contributed by atoms with Crippen LogP contribution in [0.5, 0.6) is 0 Å². The highest BCUT2D eigenvalue weighted by Crippen LogP contribution is 2.50. The fourth-order valence-corrected chi connectivity index (χ4v) is 5.64. The normalized spacial score (nSPS) is 30.1. The Morgan fingerprint density at radius 1 is 1.32 bits per heavy atom. The van der Waals surface area contributed by atoms with Crippen LogP contribution in [0.15, 0.2) is 58.7 Å². The van der Waals surface area contributed by atoms with Gasteiger partial charge in [0.15, 0.2) is 0 Å². The number of fused-ring (bicyclic) bond motifs is 3. The maximum Gasteiger partial charge on any atom is 0.243 e. The van der Waals surface area contributed by atoms with Gasteiger partial charge < -0.3 is 25.6 Å². The van der Waals surface area contributed by atoms with E-state index in [4.69, 9.17) is 10.5 Å². The average molecular weight is 423 g/mol. The number of unbranched alkanes of at least 4 members (excludes halogenated alkanes) is 1. The molecule has 3 aliphatic heterocycles. The fraction of sp³-hybridized carbons (Fsp3) is 0.560. The molecule has 2 saturated heterocycles. The summed E-state index contributed by atoms with van der Waals surface area (Å²) < 4.78 is 5.94. The van der Waals surface area contributed by atoms with Crippen molar-refractivity contribution in [3.05, 3.63) is 58.7 Å². The first-order valence-corrected chi connectivity index (χ1v) is 11.7. The third-order valence-electron chi connectivity index (χ3n) is 7.32. The Balaban J connectivity index is 1.15. The second-order valence-corrected chi connectivity index (χ2v) is 9.50. The SMILES string of the molecule is CC1=CC=C(OCCCCN2CC[C@]3(N)[C@@H](C2)C2=CCCC4=C2N3CC(=O)N4)C=CC1. The van der Waals surface area contributed by atoms with Crippen LogP contribution in [0.4, 0.5) is 0 Å². The Hall–Kier alpha value is -2.31. The summed E-state index contributed by atoms with van der Waals surface area (Å²) in [6.07, 6.45) is 16.8. The minimum Gasteiger partial charge on any atom is -0.494 e. The number of carbonyl (C=O) groups is 1. The number of piperidine rings is 1. The van der Waals surface area contributed by atoms with Gasteiger partial charge in [0.1, 0.15) is 5.76 Å². The van der Waals surface area contributed by atoms with Crippen molar-refractivity contribution in [1.29, 1.82) is 0 Å². The zero-order valence-electron chi connectivity index (χ0n) is 18.5. The predicted molar refractivity (Wildman–Crippen MR) is 121 cm³/mol. The number of rotatable bonds is 6. The number of carbonyl (C=O) groups excluding carboxylic acids is 1. The number of hydrogen-bond acceptors (Lipinski definition) is 5. The average Bonchev–Trinajstić information content (AvgIpc) is 2.87. The monoisotopic (exact) mass is 422 g/mol. The lowest BCUT2D eigenvalue weighted by atomic mass is 9.82. The van der Waals surface area contributed by atoms with Crippen molar-refractivity contribution < 1.29 is 9.53 Å². The molecule has 1 amide bonds. The molecule has 166 valence electrons. The fourth-order valence-electron chi connectivity index (χ4n) is 5.64. The van der Waals surface area contributed by atoms with E-state index < -0.39 is 5.66 Å². The summed E-state index contributed by atoms with van der Waals surface area (Å²) in [6.45, 7) is 6.32. The summed E-state index contributed by atoms with van der Waals surface area (Å²) in [5.41, 5.74) is 11.6. The van der Waals surface area contributed by atoms with Crippen molar-refractivity contribution in [2.75, 3.05) is 32.8 Å². The molecule has 0 radical (unpaired) electrons. The molecule has 5 rings (SSSR count). The van der Waals surface area contributed by atoms with Gasteiger partial charge in [-0.05, 0) is 69.7 Å². The first-order valence-electron chi connectivity index (χ1n) is 11.7. The quantitative estimate of drug-likeness (QED) is 0.644. The highest BCUT2D eigenvalue weighted by atomic mass is 16.5. The largest absolute Gasteiger partial charge is 0.494 e. The molecule has 3 N–H and O–H groups in total. The molecule has 0 unspecified atom stereocenters. The van der Waals surface area contributed by atoms with Crippen LogP contribution in [-0.2, 0) is 9.53 Å². The van der Waals surface area contributed by atoms with Crippen LogP contribution in [0, 0.1) is 5.92 Å². The molecule has 5 aliphatic rings. The molecule has 0 aromatic carbocycles. The first kappa shape index (κ1) is 20.6. The Morgan fingerprint density at radius 2 is 2.23 bits per heavy atom. The number of ether oxygens (including phenoxy) is 1. The summed E-state index contributed by atoms with van der Waals surface area (Å²) in [4.78, 5) is 17.0. The Labute approximate surface area is 185 Å². The third kappa shape index (κ3) is 3.87. The molecule has 2 fully saturated rings. The number of nitrogens with one attached hydrogen (secondary N) is 1. The molecule has 6 heteroatoms. The van der Waals surface area contributed by atoms with E-state index in [-0.39, 0.29) is 11.8 Å². The zero-order valence-corrected chi connectivity index (χ0v) is 18.5. The van der Waals surface area contributed by atoms with Gasteiger partial charge in [0.25, 0.3) is 0 Å². The lowest BCUT2D eigenvalue weighted by molar-refractivity contribution is -0.123. The molecule has 0 spiro atoms. The molecule has 2 aliphatic carbocycles. The predicted octanol–water partition coefficient (Wildman–Crippen LogP) is 2.93. The van der Waals surface area contributed by atoms with E-state index in [2.05, 4.69) is 52.4 Å². The van der Waals surface area contributed by atoms with Gasteiger partial charge in [-0.15, -0.1) is 0 Å². The lowest BCUT2D eigenvalue weighted by Gasteiger charge is -2.46. The molecular weight excluding hydrogens is 388 g/mol. The van der Waals surface area contributed by atoms with Gasteiger partial charge in [-0.2, -0.15) is 0 Å². The molecular formula is C25H34N4O2. The van der Waals surface area contributed by atoms with E-state index in [0.717, 1.165) is 76.2 Å². The first-order chi connectivity index (χ1) is 15.0. The molecule has 0 bridgehead atoms. The van der Waals surface area contributed by atoms with Gasteiger partial charge in [0, 0.05) is 24.7 Å². The van der Waals surface area contributed by atoms with E-state index >= 15 is 0 Å². The number of likely N-dealkylation sites (tertiary alicyclic amines) is 1. The van der Waals surface area contributed by atoms with E-state index in [0.29, 0.717) is 6.54 Å². The molecule has 3 heterocycles. The highest BCUT2D eigenvalue weighted by Gasteiger charge is 2.56. The molecule has 2 atom stereocenters. The van der Waals surface area contributed by atoms with Crippen LogP contribution in [-0.4, -0.2) is 54.2 Å². The molecule has 0 aromatic rings. The van der Waals surface area contributed by atoms with Crippen LogP contribution in [0.2, 0.25) is 0 Å². The van der Waals surface area contributed by atoms with Crippen LogP contribution >= 0.6 is 0 Å². The maximum absolute atomic E-state index is 12.2. The van der Waals surface area contributed by atoms with E-state index in [1.54, 1.807) is 0 Å². The third-order valence-corrected chi connectivity index (χ3v) is 7.32. The topological polar surface area (TPSA) is 70.8 Å². The Kier molecular flexibility index (Phi) is 5.52. The summed E-state index contributed by atoms with van der Waals surface area (Å²) in [7, 11) is 0. The van der Waals surface area contributed by atoms with Crippen molar-refractivity contribution >= 4 is 5.91 Å². The molecule has 31 heavy (non-hydrogen) atoms. The molecule has 0 aromatic heterocycles. The van der Waals surface area contributed by atoms with Gasteiger partial charge in [0.2, 0.25) is 5.91 Å². The minimum absolute atomic E-state index is 0.0807. The second-order valence-electron chi connectivity index (χ2n) is 9.50. The van der Waals surface area contributed by atoms with Gasteiger partial charge in [-0.1, -0.05) is 23.8 Å². The second kappa shape index (κ2) is 8.32. The summed E-state index contributed by atoms with van der Waals surface area (Å²) in [6, 6.07) is 0. The van der Waals surface area contributed by atoms with Gasteiger partial charge >= 0.3 is 0 Å². The minimum atomic E-state index is -0.419. The van der Waals surface area contributed by atoms with E-state index in [1.807, 2.05) is 0 Å². The van der Waals surface area contributed by atoms with Crippen LogP contribution < -0.4 is 11.1 Å².